The van der Waals surface area contributed by atoms with Gasteiger partial charge in [0.15, 0.2) is 0 Å². The Balaban J connectivity index is 2.05. The zero-order valence-electron chi connectivity index (χ0n) is 10.6. The summed E-state index contributed by atoms with van der Waals surface area (Å²) < 4.78 is 5.16. The summed E-state index contributed by atoms with van der Waals surface area (Å²) in [6.07, 6.45) is 6.76. The lowest BCUT2D eigenvalue weighted by Gasteiger charge is -2.33. The van der Waals surface area contributed by atoms with Gasteiger partial charge in [0.1, 0.15) is 5.78 Å². The first-order valence-corrected chi connectivity index (χ1v) is 6.90. The molecule has 0 bridgehead atoms. The third-order valence-corrected chi connectivity index (χ3v) is 4.31. The van der Waals surface area contributed by atoms with E-state index in [4.69, 9.17) is 4.74 Å². The summed E-state index contributed by atoms with van der Waals surface area (Å²) in [5.74, 6) is 1.08. The van der Waals surface area contributed by atoms with Crippen molar-refractivity contribution in [3.8, 4) is 0 Å². The second kappa shape index (κ2) is 5.65. The van der Waals surface area contributed by atoms with Crippen LogP contribution in [0, 0.1) is 17.8 Å². The van der Waals surface area contributed by atoms with E-state index in [0.717, 1.165) is 0 Å². The minimum atomic E-state index is -0.0723. The number of ketones is 1. The molecular weight excluding hydrogens is 216 g/mol. The van der Waals surface area contributed by atoms with Crippen LogP contribution < -0.4 is 0 Å². The third kappa shape index (κ3) is 2.88. The maximum Gasteiger partial charge on any atom is 0.309 e. The van der Waals surface area contributed by atoms with Gasteiger partial charge in [0.2, 0.25) is 0 Å². The second-order valence-corrected chi connectivity index (χ2v) is 5.35. The summed E-state index contributed by atoms with van der Waals surface area (Å²) in [4.78, 5) is 23.5. The molecule has 17 heavy (non-hydrogen) atoms. The number of carbonyl (C=O) groups excluding carboxylic acids is 2. The van der Waals surface area contributed by atoms with E-state index >= 15 is 0 Å². The highest BCUT2D eigenvalue weighted by molar-refractivity contribution is 5.83. The molecule has 0 amide bonds. The summed E-state index contributed by atoms with van der Waals surface area (Å²) >= 11 is 0. The van der Waals surface area contributed by atoms with Gasteiger partial charge in [-0.3, -0.25) is 9.59 Å². The quantitative estimate of drug-likeness (QED) is 0.710. The standard InChI is InChI=1S/C14H22O3/c1-2-17-14(16)12-8-7-11(15)9-13(12)10-5-3-4-6-10/h10,12-13H,2-9H2,1H3. The minimum Gasteiger partial charge on any atom is -0.466 e. The summed E-state index contributed by atoms with van der Waals surface area (Å²) in [6, 6.07) is 0. The summed E-state index contributed by atoms with van der Waals surface area (Å²) in [5, 5.41) is 0. The largest absolute Gasteiger partial charge is 0.466 e. The first kappa shape index (κ1) is 12.6. The molecule has 2 atom stereocenters. The zero-order chi connectivity index (χ0) is 12.3. The highest BCUT2D eigenvalue weighted by Gasteiger charge is 2.40. The number of Topliss-reactive ketones (excluding diaryl/α,β-unsaturated/α-hetero) is 1. The monoisotopic (exact) mass is 238 g/mol. The van der Waals surface area contributed by atoms with Gasteiger partial charge in [-0.05, 0) is 25.2 Å². The van der Waals surface area contributed by atoms with Crippen molar-refractivity contribution in [1.29, 1.82) is 0 Å². The highest BCUT2D eigenvalue weighted by atomic mass is 16.5. The Bertz CT molecular complexity index is 292. The van der Waals surface area contributed by atoms with Crippen LogP contribution in [0.3, 0.4) is 0 Å². The lowest BCUT2D eigenvalue weighted by Crippen LogP contribution is -2.35. The molecule has 0 saturated heterocycles. The van der Waals surface area contributed by atoms with Crippen molar-refractivity contribution in [2.24, 2.45) is 17.8 Å². The van der Waals surface area contributed by atoms with Crippen LogP contribution in [0.1, 0.15) is 51.9 Å². The fraction of sp³-hybridized carbons (Fsp3) is 0.857. The second-order valence-electron chi connectivity index (χ2n) is 5.35. The van der Waals surface area contributed by atoms with Crippen molar-refractivity contribution in [1.82, 2.24) is 0 Å². The van der Waals surface area contributed by atoms with Crippen LogP contribution in [0.25, 0.3) is 0 Å². The molecule has 0 aromatic rings. The molecule has 2 saturated carbocycles. The minimum absolute atomic E-state index is 0.0178. The lowest BCUT2D eigenvalue weighted by atomic mass is 9.71. The highest BCUT2D eigenvalue weighted by Crippen LogP contribution is 2.41. The Morgan fingerprint density at radius 1 is 1.29 bits per heavy atom. The van der Waals surface area contributed by atoms with Crippen LogP contribution in [-0.4, -0.2) is 18.4 Å². The van der Waals surface area contributed by atoms with E-state index in [1.807, 2.05) is 6.92 Å². The number of ether oxygens (including phenoxy) is 1. The van der Waals surface area contributed by atoms with E-state index in [9.17, 15) is 9.59 Å². The van der Waals surface area contributed by atoms with Gasteiger partial charge in [-0.1, -0.05) is 25.7 Å². The molecule has 2 aliphatic rings. The van der Waals surface area contributed by atoms with Gasteiger partial charge in [-0.15, -0.1) is 0 Å². The summed E-state index contributed by atoms with van der Waals surface area (Å²) in [7, 11) is 0. The van der Waals surface area contributed by atoms with Crippen molar-refractivity contribution in [2.45, 2.75) is 51.9 Å². The predicted octanol–water partition coefficient (Wildman–Crippen LogP) is 2.73. The zero-order valence-corrected chi connectivity index (χ0v) is 10.6. The molecule has 96 valence electrons. The normalized spacial score (nSPS) is 30.5. The van der Waals surface area contributed by atoms with E-state index in [-0.39, 0.29) is 17.8 Å². The molecule has 3 heteroatoms. The van der Waals surface area contributed by atoms with Gasteiger partial charge in [-0.25, -0.2) is 0 Å². The van der Waals surface area contributed by atoms with Gasteiger partial charge >= 0.3 is 5.97 Å². The van der Waals surface area contributed by atoms with Crippen LogP contribution in [-0.2, 0) is 14.3 Å². The van der Waals surface area contributed by atoms with Gasteiger partial charge in [0.25, 0.3) is 0 Å². The van der Waals surface area contributed by atoms with Crippen molar-refractivity contribution in [3.05, 3.63) is 0 Å². The van der Waals surface area contributed by atoms with Crippen molar-refractivity contribution >= 4 is 11.8 Å². The first-order chi connectivity index (χ1) is 8.22. The molecule has 0 aromatic heterocycles. The summed E-state index contributed by atoms with van der Waals surface area (Å²) in [6.45, 7) is 2.29. The molecule has 0 heterocycles. The summed E-state index contributed by atoms with van der Waals surface area (Å²) in [5.41, 5.74) is 0. The van der Waals surface area contributed by atoms with E-state index in [0.29, 0.717) is 37.6 Å². The molecule has 3 nitrogen and oxygen atoms in total. The molecule has 2 aliphatic carbocycles. The van der Waals surface area contributed by atoms with Crippen LogP contribution in [0.2, 0.25) is 0 Å². The van der Waals surface area contributed by atoms with Gasteiger partial charge in [-0.2, -0.15) is 0 Å². The maximum absolute atomic E-state index is 11.9. The molecule has 0 aliphatic heterocycles. The van der Waals surface area contributed by atoms with E-state index in [1.54, 1.807) is 0 Å². The molecule has 0 spiro atoms. The average molecular weight is 238 g/mol. The molecular formula is C14H22O3. The van der Waals surface area contributed by atoms with Crippen LogP contribution in [0.4, 0.5) is 0 Å². The number of hydrogen-bond acceptors (Lipinski definition) is 3. The number of rotatable bonds is 3. The van der Waals surface area contributed by atoms with Gasteiger partial charge < -0.3 is 4.74 Å². The smallest absolute Gasteiger partial charge is 0.309 e. The van der Waals surface area contributed by atoms with Crippen LogP contribution >= 0.6 is 0 Å². The predicted molar refractivity (Wildman–Crippen MR) is 64.4 cm³/mol. The Morgan fingerprint density at radius 2 is 2.00 bits per heavy atom. The molecule has 0 N–H and O–H groups in total. The third-order valence-electron chi connectivity index (χ3n) is 4.31. The fourth-order valence-corrected chi connectivity index (χ4v) is 3.46. The van der Waals surface area contributed by atoms with E-state index < -0.39 is 0 Å². The molecule has 2 fully saturated rings. The van der Waals surface area contributed by atoms with Gasteiger partial charge in [0, 0.05) is 12.8 Å². The Kier molecular flexibility index (Phi) is 4.19. The van der Waals surface area contributed by atoms with Gasteiger partial charge in [0.05, 0.1) is 12.5 Å². The fourth-order valence-electron chi connectivity index (χ4n) is 3.46. The van der Waals surface area contributed by atoms with Crippen molar-refractivity contribution in [2.75, 3.05) is 6.61 Å². The van der Waals surface area contributed by atoms with Crippen LogP contribution in [0.15, 0.2) is 0 Å². The number of hydrogen-bond donors (Lipinski definition) is 0. The van der Waals surface area contributed by atoms with E-state index in [2.05, 4.69) is 0 Å². The molecule has 0 aromatic carbocycles. The lowest BCUT2D eigenvalue weighted by molar-refractivity contribution is -0.153. The topological polar surface area (TPSA) is 43.4 Å². The number of carbonyl (C=O) groups is 2. The molecule has 2 rings (SSSR count). The average Bonchev–Trinajstić information content (AvgIpc) is 2.82. The Hall–Kier alpha value is -0.860. The molecule has 2 unspecified atom stereocenters. The Morgan fingerprint density at radius 3 is 2.65 bits per heavy atom. The molecule has 0 radical (unpaired) electrons. The first-order valence-electron chi connectivity index (χ1n) is 6.90. The van der Waals surface area contributed by atoms with Crippen LogP contribution in [0.5, 0.6) is 0 Å². The maximum atomic E-state index is 11.9. The SMILES string of the molecule is CCOC(=O)C1CCC(=O)CC1C1CCCC1. The van der Waals surface area contributed by atoms with E-state index in [1.165, 1.54) is 25.7 Å². The Labute approximate surface area is 103 Å². The number of esters is 1. The van der Waals surface area contributed by atoms with Crippen molar-refractivity contribution < 1.29 is 14.3 Å². The van der Waals surface area contributed by atoms with Crippen molar-refractivity contribution in [3.63, 3.8) is 0 Å².